The Bertz CT molecular complexity index is 143. The van der Waals surface area contributed by atoms with Gasteiger partial charge in [-0.3, -0.25) is 0 Å². The second-order valence-electron chi connectivity index (χ2n) is 2.72. The van der Waals surface area contributed by atoms with Crippen LogP contribution in [-0.4, -0.2) is 0 Å². The molecule has 0 aromatic carbocycles. The Labute approximate surface area is 69.3 Å². The fourth-order valence-corrected chi connectivity index (χ4v) is 1.06. The fraction of sp³-hybridized carbons (Fsp3) is 0.455. The van der Waals surface area contributed by atoms with E-state index in [0.717, 1.165) is 12.8 Å². The SMILES string of the molecule is [C]1=C\CCC/C=C\C/C=C\C/1. The molecule has 0 atom stereocenters. The summed E-state index contributed by atoms with van der Waals surface area (Å²) in [7, 11) is 0. The maximum atomic E-state index is 3.24. The molecule has 0 saturated carbocycles. The molecule has 0 saturated heterocycles. The van der Waals surface area contributed by atoms with E-state index in [9.17, 15) is 0 Å². The van der Waals surface area contributed by atoms with Gasteiger partial charge in [-0.1, -0.05) is 30.4 Å². The van der Waals surface area contributed by atoms with Crippen molar-refractivity contribution < 1.29 is 0 Å². The zero-order valence-corrected chi connectivity index (χ0v) is 6.92. The first-order valence-corrected chi connectivity index (χ1v) is 4.35. The minimum Gasteiger partial charge on any atom is -0.0882 e. The second-order valence-corrected chi connectivity index (χ2v) is 2.72. The fourth-order valence-electron chi connectivity index (χ4n) is 1.06. The van der Waals surface area contributed by atoms with Gasteiger partial charge in [-0.2, -0.15) is 0 Å². The summed E-state index contributed by atoms with van der Waals surface area (Å²) < 4.78 is 0. The average Bonchev–Trinajstić information content (AvgIpc) is 2.08. The lowest BCUT2D eigenvalue weighted by Crippen LogP contribution is -1.68. The summed E-state index contributed by atoms with van der Waals surface area (Å²) in [5.74, 6) is 0. The molecule has 1 aliphatic carbocycles. The van der Waals surface area contributed by atoms with Gasteiger partial charge >= 0.3 is 0 Å². The van der Waals surface area contributed by atoms with Gasteiger partial charge in [-0.05, 0) is 38.2 Å². The van der Waals surface area contributed by atoms with E-state index in [1.54, 1.807) is 0 Å². The van der Waals surface area contributed by atoms with Crippen molar-refractivity contribution in [3.05, 3.63) is 36.5 Å². The molecule has 1 rings (SSSR count). The number of hydrogen-bond acceptors (Lipinski definition) is 0. The molecule has 0 fully saturated rings. The maximum absolute atomic E-state index is 3.24. The van der Waals surface area contributed by atoms with Crippen LogP contribution in [0.5, 0.6) is 0 Å². The van der Waals surface area contributed by atoms with E-state index >= 15 is 0 Å². The summed E-state index contributed by atoms with van der Waals surface area (Å²) in [5, 5.41) is 0. The van der Waals surface area contributed by atoms with Crippen molar-refractivity contribution in [3.63, 3.8) is 0 Å². The van der Waals surface area contributed by atoms with Gasteiger partial charge in [0.25, 0.3) is 0 Å². The predicted molar refractivity (Wildman–Crippen MR) is 49.2 cm³/mol. The van der Waals surface area contributed by atoms with Gasteiger partial charge in [0.05, 0.1) is 0 Å². The highest BCUT2D eigenvalue weighted by Crippen LogP contribution is 2.01. The van der Waals surface area contributed by atoms with Crippen LogP contribution >= 0.6 is 0 Å². The van der Waals surface area contributed by atoms with Crippen LogP contribution in [0.15, 0.2) is 30.4 Å². The minimum atomic E-state index is 0.980. The maximum Gasteiger partial charge on any atom is -0.00978 e. The molecular weight excluding hydrogens is 132 g/mol. The highest BCUT2D eigenvalue weighted by atomic mass is 13.9. The monoisotopic (exact) mass is 147 g/mol. The minimum absolute atomic E-state index is 0.980. The Morgan fingerprint density at radius 1 is 0.909 bits per heavy atom. The molecule has 0 N–H and O–H groups in total. The van der Waals surface area contributed by atoms with Gasteiger partial charge < -0.3 is 0 Å². The van der Waals surface area contributed by atoms with E-state index < -0.39 is 0 Å². The van der Waals surface area contributed by atoms with Crippen molar-refractivity contribution in [1.29, 1.82) is 0 Å². The second kappa shape index (κ2) is 5.96. The van der Waals surface area contributed by atoms with Crippen LogP contribution in [0.25, 0.3) is 0 Å². The van der Waals surface area contributed by atoms with Gasteiger partial charge in [0.2, 0.25) is 0 Å². The first-order chi connectivity index (χ1) is 5.50. The molecule has 0 aromatic heterocycles. The van der Waals surface area contributed by atoms with E-state index in [2.05, 4.69) is 36.5 Å². The van der Waals surface area contributed by atoms with Crippen molar-refractivity contribution in [2.24, 2.45) is 0 Å². The van der Waals surface area contributed by atoms with Crippen LogP contribution in [0.3, 0.4) is 0 Å². The lowest BCUT2D eigenvalue weighted by molar-refractivity contribution is 0.863. The quantitative estimate of drug-likeness (QED) is 0.460. The molecule has 0 heteroatoms. The van der Waals surface area contributed by atoms with Crippen LogP contribution in [0.4, 0.5) is 0 Å². The van der Waals surface area contributed by atoms with Crippen LogP contribution in [0.1, 0.15) is 32.1 Å². The van der Waals surface area contributed by atoms with Crippen molar-refractivity contribution in [2.45, 2.75) is 32.1 Å². The molecule has 0 amide bonds. The van der Waals surface area contributed by atoms with Gasteiger partial charge in [0.15, 0.2) is 0 Å². The van der Waals surface area contributed by atoms with Gasteiger partial charge in [-0.15, -0.1) is 0 Å². The summed E-state index contributed by atoms with van der Waals surface area (Å²) >= 11 is 0. The van der Waals surface area contributed by atoms with E-state index in [1.807, 2.05) is 0 Å². The summed E-state index contributed by atoms with van der Waals surface area (Å²) in [6.07, 6.45) is 20.0. The Hall–Kier alpha value is -0.780. The topological polar surface area (TPSA) is 0 Å². The molecular formula is C11H15. The summed E-state index contributed by atoms with van der Waals surface area (Å²) in [5.41, 5.74) is 0. The molecule has 1 aliphatic rings. The Morgan fingerprint density at radius 2 is 1.82 bits per heavy atom. The summed E-state index contributed by atoms with van der Waals surface area (Å²) in [6.45, 7) is 0. The molecule has 0 heterocycles. The zero-order chi connectivity index (χ0) is 7.78. The third kappa shape index (κ3) is 4.60. The molecule has 0 nitrogen and oxygen atoms in total. The zero-order valence-electron chi connectivity index (χ0n) is 6.92. The molecule has 0 aromatic rings. The van der Waals surface area contributed by atoms with Crippen LogP contribution in [0, 0.1) is 6.08 Å². The summed E-state index contributed by atoms with van der Waals surface area (Å²) in [4.78, 5) is 0. The van der Waals surface area contributed by atoms with Crippen molar-refractivity contribution in [3.8, 4) is 0 Å². The third-order valence-electron chi connectivity index (χ3n) is 1.70. The van der Waals surface area contributed by atoms with Crippen molar-refractivity contribution in [1.82, 2.24) is 0 Å². The van der Waals surface area contributed by atoms with Gasteiger partial charge in [-0.25, -0.2) is 0 Å². The van der Waals surface area contributed by atoms with Crippen molar-refractivity contribution >= 4 is 0 Å². The van der Waals surface area contributed by atoms with Gasteiger partial charge in [0.1, 0.15) is 0 Å². The third-order valence-corrected chi connectivity index (χ3v) is 1.70. The Kier molecular flexibility index (Phi) is 4.51. The number of allylic oxidation sites excluding steroid dienone is 6. The normalized spacial score (nSPS) is 28.4. The highest BCUT2D eigenvalue weighted by Gasteiger charge is 1.82. The van der Waals surface area contributed by atoms with E-state index in [4.69, 9.17) is 0 Å². The van der Waals surface area contributed by atoms with E-state index in [1.165, 1.54) is 19.3 Å². The molecule has 0 aliphatic heterocycles. The number of hydrogen-bond donors (Lipinski definition) is 0. The number of rotatable bonds is 0. The van der Waals surface area contributed by atoms with E-state index in [-0.39, 0.29) is 0 Å². The van der Waals surface area contributed by atoms with Crippen LogP contribution < -0.4 is 0 Å². The van der Waals surface area contributed by atoms with Crippen molar-refractivity contribution in [2.75, 3.05) is 0 Å². The van der Waals surface area contributed by atoms with Crippen LogP contribution in [0.2, 0.25) is 0 Å². The lowest BCUT2D eigenvalue weighted by atomic mass is 10.2. The molecule has 1 radical (unpaired) electrons. The average molecular weight is 147 g/mol. The molecule has 11 heavy (non-hydrogen) atoms. The van der Waals surface area contributed by atoms with E-state index in [0.29, 0.717) is 0 Å². The molecule has 0 unspecified atom stereocenters. The smallest absolute Gasteiger partial charge is 0.00978 e. The summed E-state index contributed by atoms with van der Waals surface area (Å²) in [6, 6.07) is 0. The van der Waals surface area contributed by atoms with Crippen LogP contribution in [-0.2, 0) is 0 Å². The standard InChI is InChI=1S/C11H15/c1-2-4-6-8-10-11-9-7-5-3-1/h1-2,5,7,10H,3-4,6,8-9H2/b2-1-,7-5-,11-10?. The van der Waals surface area contributed by atoms with Gasteiger partial charge in [0, 0.05) is 0 Å². The Balaban J connectivity index is 2.34. The molecule has 0 bridgehead atoms. The first-order valence-electron chi connectivity index (χ1n) is 4.35. The lowest BCUT2D eigenvalue weighted by Gasteiger charge is -1.87. The molecule has 59 valence electrons. The first kappa shape index (κ1) is 8.32. The highest BCUT2D eigenvalue weighted by molar-refractivity contribution is 4.96. The predicted octanol–water partition coefficient (Wildman–Crippen LogP) is 3.42. The Morgan fingerprint density at radius 3 is 2.82 bits per heavy atom. The molecule has 0 spiro atoms. The largest absolute Gasteiger partial charge is 0.0882 e.